The molecule has 0 N–H and O–H groups in total. The molecule has 1 aromatic heterocycles. The van der Waals surface area contributed by atoms with E-state index in [2.05, 4.69) is 18.7 Å². The van der Waals surface area contributed by atoms with Crippen molar-refractivity contribution >= 4 is 10.9 Å². The van der Waals surface area contributed by atoms with E-state index < -0.39 is 5.82 Å². The van der Waals surface area contributed by atoms with Gasteiger partial charge in [0, 0.05) is 19.2 Å². The molecule has 1 saturated heterocycles. The van der Waals surface area contributed by atoms with E-state index in [1.54, 1.807) is 4.57 Å². The summed E-state index contributed by atoms with van der Waals surface area (Å²) in [5.41, 5.74) is 0.283. The highest BCUT2D eigenvalue weighted by Crippen LogP contribution is 2.30. The van der Waals surface area contributed by atoms with Crippen molar-refractivity contribution in [3.05, 3.63) is 34.1 Å². The van der Waals surface area contributed by atoms with Crippen LogP contribution in [0.25, 0.3) is 10.9 Å². The van der Waals surface area contributed by atoms with E-state index in [1.165, 1.54) is 25.7 Å². The Morgan fingerprint density at radius 1 is 1.37 bits per heavy atom. The summed E-state index contributed by atoms with van der Waals surface area (Å²) in [5.74, 6) is 0.986. The van der Waals surface area contributed by atoms with E-state index in [4.69, 9.17) is 9.72 Å². The van der Waals surface area contributed by atoms with Gasteiger partial charge in [-0.2, -0.15) is 0 Å². The number of methoxy groups -OCH3 is 1. The minimum Gasteiger partial charge on any atom is -0.494 e. The highest BCUT2D eigenvalue weighted by molar-refractivity contribution is 5.79. The standard InChI is InChI=1S/C21H30FN3O2/c1-5-8-18(24-10-7-9-14(3)13-24)20-23-17-12-16(22)19(27-4)11-15(17)21(26)25(20)6-2/h11-12,14,18H,5-10,13H2,1-4H3/t14-,18-/m1/s1. The molecule has 0 saturated carbocycles. The number of hydrogen-bond donors (Lipinski definition) is 0. The van der Waals surface area contributed by atoms with Crippen LogP contribution in [-0.4, -0.2) is 34.7 Å². The van der Waals surface area contributed by atoms with Crippen LogP contribution in [0.3, 0.4) is 0 Å². The Morgan fingerprint density at radius 2 is 2.15 bits per heavy atom. The average Bonchev–Trinajstić information content (AvgIpc) is 2.65. The highest BCUT2D eigenvalue weighted by atomic mass is 19.1. The summed E-state index contributed by atoms with van der Waals surface area (Å²) in [5, 5.41) is 0.404. The lowest BCUT2D eigenvalue weighted by Gasteiger charge is -2.37. The number of halogens is 1. The van der Waals surface area contributed by atoms with Gasteiger partial charge in [-0.15, -0.1) is 0 Å². The second kappa shape index (κ2) is 8.38. The van der Waals surface area contributed by atoms with Crippen molar-refractivity contribution in [3.8, 4) is 5.75 Å². The lowest BCUT2D eigenvalue weighted by atomic mass is 9.97. The van der Waals surface area contributed by atoms with Crippen LogP contribution in [0, 0.1) is 11.7 Å². The number of ether oxygens (including phenoxy) is 1. The second-order valence-corrected chi connectivity index (χ2v) is 7.57. The maximum atomic E-state index is 14.2. The SMILES string of the molecule is CCC[C@H](c1nc2cc(F)c(OC)cc2c(=O)n1CC)N1CCC[C@@H](C)C1. The molecule has 0 aliphatic carbocycles. The Morgan fingerprint density at radius 3 is 2.78 bits per heavy atom. The zero-order valence-corrected chi connectivity index (χ0v) is 16.8. The molecule has 1 aliphatic rings. The summed E-state index contributed by atoms with van der Waals surface area (Å²) >= 11 is 0. The maximum absolute atomic E-state index is 14.2. The zero-order chi connectivity index (χ0) is 19.6. The number of rotatable bonds is 6. The third kappa shape index (κ3) is 3.86. The van der Waals surface area contributed by atoms with Crippen LogP contribution in [0.15, 0.2) is 16.9 Å². The minimum atomic E-state index is -0.490. The second-order valence-electron chi connectivity index (χ2n) is 7.57. The third-order valence-corrected chi connectivity index (χ3v) is 5.56. The van der Waals surface area contributed by atoms with Crippen LogP contribution < -0.4 is 10.3 Å². The van der Waals surface area contributed by atoms with E-state index in [9.17, 15) is 9.18 Å². The molecular formula is C21H30FN3O2. The molecule has 3 rings (SSSR count). The van der Waals surface area contributed by atoms with Gasteiger partial charge in [-0.25, -0.2) is 9.37 Å². The highest BCUT2D eigenvalue weighted by Gasteiger charge is 2.28. The van der Waals surface area contributed by atoms with Crippen LogP contribution in [0.2, 0.25) is 0 Å². The summed E-state index contributed by atoms with van der Waals surface area (Å²) in [4.78, 5) is 20.4. The molecule has 0 unspecified atom stereocenters. The van der Waals surface area contributed by atoms with E-state index in [-0.39, 0.29) is 17.4 Å². The number of benzene rings is 1. The number of aromatic nitrogens is 2. The van der Waals surface area contributed by atoms with Crippen LogP contribution in [0.5, 0.6) is 5.75 Å². The number of fused-ring (bicyclic) bond motifs is 1. The summed E-state index contributed by atoms with van der Waals surface area (Å²) in [7, 11) is 1.40. The number of piperidine rings is 1. The van der Waals surface area contributed by atoms with Crippen LogP contribution >= 0.6 is 0 Å². The smallest absolute Gasteiger partial charge is 0.261 e. The number of nitrogens with zero attached hydrogens (tertiary/aromatic N) is 3. The Hall–Kier alpha value is -1.95. The predicted molar refractivity (Wildman–Crippen MR) is 106 cm³/mol. The first-order valence-corrected chi connectivity index (χ1v) is 10.0. The fraction of sp³-hybridized carbons (Fsp3) is 0.619. The molecule has 1 aromatic carbocycles. The van der Waals surface area contributed by atoms with Crippen molar-refractivity contribution in [2.24, 2.45) is 5.92 Å². The van der Waals surface area contributed by atoms with Gasteiger partial charge in [-0.1, -0.05) is 20.3 Å². The fourth-order valence-electron chi connectivity index (χ4n) is 4.21. The molecule has 0 radical (unpaired) electrons. The largest absolute Gasteiger partial charge is 0.494 e. The molecule has 2 atom stereocenters. The van der Waals surface area contributed by atoms with Gasteiger partial charge in [-0.3, -0.25) is 14.3 Å². The van der Waals surface area contributed by atoms with Gasteiger partial charge in [0.05, 0.1) is 24.1 Å². The molecule has 27 heavy (non-hydrogen) atoms. The Labute approximate surface area is 160 Å². The third-order valence-electron chi connectivity index (χ3n) is 5.56. The van der Waals surface area contributed by atoms with E-state index in [0.29, 0.717) is 23.4 Å². The summed E-state index contributed by atoms with van der Waals surface area (Å²) in [6.45, 7) is 8.96. The quantitative estimate of drug-likeness (QED) is 0.761. The summed E-state index contributed by atoms with van der Waals surface area (Å²) in [6, 6.07) is 2.87. The summed E-state index contributed by atoms with van der Waals surface area (Å²) in [6.07, 6.45) is 4.34. The van der Waals surface area contributed by atoms with Gasteiger partial charge in [0.2, 0.25) is 0 Å². The van der Waals surface area contributed by atoms with Crippen molar-refractivity contribution in [3.63, 3.8) is 0 Å². The molecule has 1 fully saturated rings. The Kier molecular flexibility index (Phi) is 6.15. The first kappa shape index (κ1) is 19.8. The van der Waals surface area contributed by atoms with Crippen LogP contribution in [-0.2, 0) is 6.54 Å². The van der Waals surface area contributed by atoms with Crippen LogP contribution in [0.1, 0.15) is 58.3 Å². The first-order valence-electron chi connectivity index (χ1n) is 10.0. The van der Waals surface area contributed by atoms with E-state index in [1.807, 2.05) is 6.92 Å². The summed E-state index contributed by atoms with van der Waals surface area (Å²) < 4.78 is 21.0. The van der Waals surface area contributed by atoms with Gasteiger partial charge in [0.15, 0.2) is 11.6 Å². The molecule has 6 heteroatoms. The minimum absolute atomic E-state index is 0.0757. The van der Waals surface area contributed by atoms with Gasteiger partial charge >= 0.3 is 0 Å². The van der Waals surface area contributed by atoms with Crippen molar-refractivity contribution in [1.82, 2.24) is 14.5 Å². The van der Waals surface area contributed by atoms with Crippen molar-refractivity contribution in [1.29, 1.82) is 0 Å². The van der Waals surface area contributed by atoms with Crippen LogP contribution in [0.4, 0.5) is 4.39 Å². The van der Waals surface area contributed by atoms with Gasteiger partial charge in [0.1, 0.15) is 5.82 Å². The lowest BCUT2D eigenvalue weighted by Crippen LogP contribution is -2.40. The molecule has 2 heterocycles. The monoisotopic (exact) mass is 375 g/mol. The van der Waals surface area contributed by atoms with E-state index >= 15 is 0 Å². The maximum Gasteiger partial charge on any atom is 0.261 e. The molecule has 2 aromatic rings. The molecule has 0 spiro atoms. The molecule has 148 valence electrons. The zero-order valence-electron chi connectivity index (χ0n) is 16.8. The lowest BCUT2D eigenvalue weighted by molar-refractivity contribution is 0.115. The average molecular weight is 375 g/mol. The van der Waals surface area contributed by atoms with Gasteiger partial charge in [-0.05, 0) is 44.7 Å². The number of hydrogen-bond acceptors (Lipinski definition) is 4. The molecule has 5 nitrogen and oxygen atoms in total. The normalized spacial score (nSPS) is 19.4. The first-order chi connectivity index (χ1) is 13.0. The van der Waals surface area contributed by atoms with E-state index in [0.717, 1.165) is 38.2 Å². The van der Waals surface area contributed by atoms with Crippen molar-refractivity contribution in [2.45, 2.75) is 59.0 Å². The Bertz CT molecular complexity index is 865. The van der Waals surface area contributed by atoms with Gasteiger partial charge in [0.25, 0.3) is 5.56 Å². The van der Waals surface area contributed by atoms with Crippen molar-refractivity contribution in [2.75, 3.05) is 20.2 Å². The van der Waals surface area contributed by atoms with Crippen molar-refractivity contribution < 1.29 is 9.13 Å². The van der Waals surface area contributed by atoms with Gasteiger partial charge < -0.3 is 4.74 Å². The topological polar surface area (TPSA) is 47.4 Å². The Balaban J connectivity index is 2.16. The fourth-order valence-corrected chi connectivity index (χ4v) is 4.21. The predicted octanol–water partition coefficient (Wildman–Crippen LogP) is 4.14. The molecule has 0 bridgehead atoms. The molecule has 1 aliphatic heterocycles. The number of likely N-dealkylation sites (tertiary alicyclic amines) is 1. The molecular weight excluding hydrogens is 345 g/mol. The molecule has 0 amide bonds.